The monoisotopic (exact) mass is 322 g/mol. The second-order valence-corrected chi connectivity index (χ2v) is 4.91. The maximum Gasteiger partial charge on any atom is 0.387 e. The van der Waals surface area contributed by atoms with Gasteiger partial charge in [-0.25, -0.2) is 5.43 Å². The molecule has 0 unspecified atom stereocenters. The van der Waals surface area contributed by atoms with E-state index in [0.717, 1.165) is 5.56 Å². The van der Waals surface area contributed by atoms with E-state index in [1.54, 1.807) is 26.0 Å². The van der Waals surface area contributed by atoms with Crippen LogP contribution in [-0.2, 0) is 0 Å². The zero-order valence-corrected chi connectivity index (χ0v) is 12.9. The Morgan fingerprint density at radius 2 is 2.00 bits per heavy atom. The SMILES string of the molecule is C/C(=N/NC(=O)c1ccoc1C)c1cc(C)ccc1OC(F)F. The summed E-state index contributed by atoms with van der Waals surface area (Å²) in [7, 11) is 0. The molecule has 7 heteroatoms. The molecule has 0 bridgehead atoms. The third-order valence-corrected chi connectivity index (χ3v) is 3.17. The first kappa shape index (κ1) is 16.7. The van der Waals surface area contributed by atoms with Gasteiger partial charge in [0.2, 0.25) is 0 Å². The highest BCUT2D eigenvalue weighted by Crippen LogP contribution is 2.23. The van der Waals surface area contributed by atoms with Crippen LogP contribution in [-0.4, -0.2) is 18.2 Å². The highest BCUT2D eigenvalue weighted by atomic mass is 19.3. The Labute approximate surface area is 131 Å². The van der Waals surface area contributed by atoms with Gasteiger partial charge in [-0.1, -0.05) is 11.6 Å². The lowest BCUT2D eigenvalue weighted by molar-refractivity contribution is -0.0499. The highest BCUT2D eigenvalue weighted by Gasteiger charge is 2.14. The van der Waals surface area contributed by atoms with Gasteiger partial charge in [0.1, 0.15) is 11.5 Å². The first-order valence-corrected chi connectivity index (χ1v) is 6.83. The number of carbonyl (C=O) groups is 1. The second-order valence-electron chi connectivity index (χ2n) is 4.91. The van der Waals surface area contributed by atoms with Gasteiger partial charge in [-0.15, -0.1) is 0 Å². The fraction of sp³-hybridized carbons (Fsp3) is 0.250. The van der Waals surface area contributed by atoms with Gasteiger partial charge in [-0.2, -0.15) is 13.9 Å². The number of hydrogen-bond acceptors (Lipinski definition) is 4. The van der Waals surface area contributed by atoms with Crippen molar-refractivity contribution in [1.82, 2.24) is 5.43 Å². The van der Waals surface area contributed by atoms with E-state index in [2.05, 4.69) is 15.3 Å². The van der Waals surface area contributed by atoms with Crippen molar-refractivity contribution < 1.29 is 22.7 Å². The smallest absolute Gasteiger partial charge is 0.387 e. The minimum absolute atomic E-state index is 0.000547. The average Bonchev–Trinajstić information content (AvgIpc) is 2.92. The number of nitrogens with zero attached hydrogens (tertiary/aromatic N) is 1. The summed E-state index contributed by atoms with van der Waals surface area (Å²) in [5.41, 5.74) is 4.31. The van der Waals surface area contributed by atoms with E-state index in [-0.39, 0.29) is 5.75 Å². The molecule has 1 aromatic heterocycles. The van der Waals surface area contributed by atoms with Gasteiger partial charge in [-0.05, 0) is 39.0 Å². The third kappa shape index (κ3) is 4.15. The van der Waals surface area contributed by atoms with E-state index >= 15 is 0 Å². The zero-order chi connectivity index (χ0) is 17.0. The van der Waals surface area contributed by atoms with Crippen molar-refractivity contribution in [3.8, 4) is 5.75 Å². The van der Waals surface area contributed by atoms with Crippen molar-refractivity contribution in [2.75, 3.05) is 0 Å². The number of carbonyl (C=O) groups excluding carboxylic acids is 1. The fourth-order valence-corrected chi connectivity index (χ4v) is 2.00. The van der Waals surface area contributed by atoms with Crippen LogP contribution >= 0.6 is 0 Å². The van der Waals surface area contributed by atoms with E-state index in [0.29, 0.717) is 22.6 Å². The number of ether oxygens (including phenoxy) is 1. The number of furan rings is 1. The minimum atomic E-state index is -2.94. The van der Waals surface area contributed by atoms with Crippen LogP contribution in [0.4, 0.5) is 8.78 Å². The fourth-order valence-electron chi connectivity index (χ4n) is 2.00. The summed E-state index contributed by atoms with van der Waals surface area (Å²) in [5.74, 6) is 0.0211. The van der Waals surface area contributed by atoms with Gasteiger partial charge < -0.3 is 9.15 Å². The Bertz CT molecular complexity index is 739. The largest absolute Gasteiger partial charge is 0.469 e. The standard InChI is InChI=1S/C16H16F2N2O3/c1-9-4-5-14(23-16(17)18)13(8-9)10(2)19-20-15(21)12-6-7-22-11(12)3/h4-8,16H,1-3H3,(H,20,21)/b19-10-. The highest BCUT2D eigenvalue weighted by molar-refractivity contribution is 6.03. The van der Waals surface area contributed by atoms with Crippen LogP contribution < -0.4 is 10.2 Å². The Hall–Kier alpha value is -2.70. The van der Waals surface area contributed by atoms with Gasteiger partial charge in [0.05, 0.1) is 17.5 Å². The minimum Gasteiger partial charge on any atom is -0.469 e. The lowest BCUT2D eigenvalue weighted by Gasteiger charge is -2.11. The molecule has 0 saturated heterocycles. The molecule has 0 aliphatic heterocycles. The molecule has 1 heterocycles. The van der Waals surface area contributed by atoms with Gasteiger partial charge in [0, 0.05) is 5.56 Å². The molecule has 1 aromatic carbocycles. The van der Waals surface area contributed by atoms with Crippen molar-refractivity contribution in [1.29, 1.82) is 0 Å². The van der Waals surface area contributed by atoms with E-state index in [1.165, 1.54) is 18.4 Å². The van der Waals surface area contributed by atoms with Crippen molar-refractivity contribution in [2.24, 2.45) is 5.10 Å². The summed E-state index contributed by atoms with van der Waals surface area (Å²) >= 11 is 0. The van der Waals surface area contributed by atoms with Gasteiger partial charge in [0.15, 0.2) is 0 Å². The number of nitrogens with one attached hydrogen (secondary N) is 1. The zero-order valence-electron chi connectivity index (χ0n) is 12.9. The van der Waals surface area contributed by atoms with Crippen LogP contribution in [0.25, 0.3) is 0 Å². The molecule has 0 fully saturated rings. The number of benzene rings is 1. The molecule has 2 aromatic rings. The van der Waals surface area contributed by atoms with E-state index in [1.807, 2.05) is 6.92 Å². The summed E-state index contributed by atoms with van der Waals surface area (Å²) in [6, 6.07) is 6.28. The topological polar surface area (TPSA) is 63.8 Å². The number of amides is 1. The van der Waals surface area contributed by atoms with Crippen molar-refractivity contribution >= 4 is 11.6 Å². The average molecular weight is 322 g/mol. The number of hydrogen-bond donors (Lipinski definition) is 1. The van der Waals surface area contributed by atoms with Crippen LogP contribution in [0.3, 0.4) is 0 Å². The normalized spacial score (nSPS) is 11.7. The molecule has 0 radical (unpaired) electrons. The number of aryl methyl sites for hydroxylation is 2. The molecule has 0 aliphatic carbocycles. The van der Waals surface area contributed by atoms with Gasteiger partial charge in [-0.3, -0.25) is 4.79 Å². The lowest BCUT2D eigenvalue weighted by atomic mass is 10.1. The van der Waals surface area contributed by atoms with E-state index < -0.39 is 12.5 Å². The van der Waals surface area contributed by atoms with Crippen LogP contribution in [0.5, 0.6) is 5.75 Å². The quantitative estimate of drug-likeness (QED) is 0.675. The summed E-state index contributed by atoms with van der Waals surface area (Å²) in [6.45, 7) is 2.12. The summed E-state index contributed by atoms with van der Waals surface area (Å²) in [5, 5.41) is 3.95. The second kappa shape index (κ2) is 7.04. The summed E-state index contributed by atoms with van der Waals surface area (Å²) in [6.07, 6.45) is 1.40. The molecular formula is C16H16F2N2O3. The third-order valence-electron chi connectivity index (χ3n) is 3.17. The van der Waals surface area contributed by atoms with Crippen LogP contribution in [0.1, 0.15) is 34.2 Å². The molecule has 0 spiro atoms. The van der Waals surface area contributed by atoms with Crippen molar-refractivity contribution in [3.63, 3.8) is 0 Å². The first-order chi connectivity index (χ1) is 10.9. The lowest BCUT2D eigenvalue weighted by Crippen LogP contribution is -2.20. The molecule has 23 heavy (non-hydrogen) atoms. The molecule has 0 saturated carbocycles. The molecular weight excluding hydrogens is 306 g/mol. The first-order valence-electron chi connectivity index (χ1n) is 6.83. The Morgan fingerprint density at radius 1 is 1.26 bits per heavy atom. The van der Waals surface area contributed by atoms with Crippen LogP contribution in [0.15, 0.2) is 40.0 Å². The predicted octanol–water partition coefficient (Wildman–Crippen LogP) is 3.65. The molecule has 1 amide bonds. The number of halogens is 2. The van der Waals surface area contributed by atoms with Gasteiger partial charge in [0.25, 0.3) is 5.91 Å². The van der Waals surface area contributed by atoms with Crippen LogP contribution in [0, 0.1) is 13.8 Å². The Morgan fingerprint density at radius 3 is 2.61 bits per heavy atom. The van der Waals surface area contributed by atoms with Crippen molar-refractivity contribution in [2.45, 2.75) is 27.4 Å². The van der Waals surface area contributed by atoms with Crippen LogP contribution in [0.2, 0.25) is 0 Å². The number of hydrazone groups is 1. The maximum absolute atomic E-state index is 12.5. The Balaban J connectivity index is 2.22. The Kier molecular flexibility index (Phi) is 5.10. The summed E-state index contributed by atoms with van der Waals surface area (Å²) in [4.78, 5) is 12.0. The summed E-state index contributed by atoms with van der Waals surface area (Å²) < 4.78 is 34.5. The molecule has 122 valence electrons. The predicted molar refractivity (Wildman–Crippen MR) is 80.9 cm³/mol. The molecule has 5 nitrogen and oxygen atoms in total. The van der Waals surface area contributed by atoms with Crippen molar-refractivity contribution in [3.05, 3.63) is 53.0 Å². The molecule has 0 atom stereocenters. The molecule has 1 N–H and O–H groups in total. The molecule has 2 rings (SSSR count). The maximum atomic E-state index is 12.5. The molecule has 0 aliphatic rings. The number of rotatable bonds is 5. The number of alkyl halides is 2. The van der Waals surface area contributed by atoms with E-state index in [9.17, 15) is 13.6 Å². The van der Waals surface area contributed by atoms with E-state index in [4.69, 9.17) is 4.42 Å². The van der Waals surface area contributed by atoms with Gasteiger partial charge >= 0.3 is 6.61 Å².